The number of nitrogens with zero attached hydrogens (tertiary/aromatic N) is 3. The van der Waals surface area contributed by atoms with Crippen LogP contribution in [0.5, 0.6) is 0 Å². The van der Waals surface area contributed by atoms with Gasteiger partial charge in [0.2, 0.25) is 10.0 Å². The molecule has 33 heavy (non-hydrogen) atoms. The summed E-state index contributed by atoms with van der Waals surface area (Å²) in [5.74, 6) is 0. The highest BCUT2D eigenvalue weighted by molar-refractivity contribution is 7.89. The van der Waals surface area contributed by atoms with E-state index in [4.69, 9.17) is 12.2 Å². The van der Waals surface area contributed by atoms with E-state index in [0.29, 0.717) is 23.1 Å². The number of hydrogen-bond donors (Lipinski definition) is 2. The number of aryl methyl sites for hydroxylation is 2. The number of aromatic nitrogens is 1. The van der Waals surface area contributed by atoms with E-state index in [2.05, 4.69) is 15.8 Å². The third-order valence-corrected chi connectivity index (χ3v) is 7.34. The summed E-state index contributed by atoms with van der Waals surface area (Å²) in [7, 11) is -1.64. The predicted octanol–water partition coefficient (Wildman–Crippen LogP) is 4.62. The van der Waals surface area contributed by atoms with Crippen LogP contribution >= 0.6 is 12.2 Å². The maximum atomic E-state index is 13.2. The van der Waals surface area contributed by atoms with Crippen molar-refractivity contribution in [1.29, 1.82) is 0 Å². The fourth-order valence-corrected chi connectivity index (χ4v) is 5.44. The van der Waals surface area contributed by atoms with Gasteiger partial charge in [0, 0.05) is 48.5 Å². The van der Waals surface area contributed by atoms with Crippen molar-refractivity contribution in [2.75, 3.05) is 18.4 Å². The van der Waals surface area contributed by atoms with Crippen LogP contribution in [0.1, 0.15) is 37.8 Å². The van der Waals surface area contributed by atoms with Gasteiger partial charge in [-0.2, -0.15) is 9.41 Å². The maximum Gasteiger partial charge on any atom is 0.243 e. The molecule has 1 heterocycles. The number of rotatable bonds is 9. The van der Waals surface area contributed by atoms with E-state index in [1.807, 2.05) is 68.9 Å². The molecule has 0 bridgehead atoms. The molecule has 0 aliphatic heterocycles. The van der Waals surface area contributed by atoms with Crippen molar-refractivity contribution >= 4 is 50.2 Å². The van der Waals surface area contributed by atoms with Crippen LogP contribution in [0.25, 0.3) is 10.9 Å². The second kappa shape index (κ2) is 10.9. The van der Waals surface area contributed by atoms with Crippen LogP contribution in [0.2, 0.25) is 0 Å². The number of fused-ring (bicyclic) bond motifs is 1. The van der Waals surface area contributed by atoms with Crippen LogP contribution in [0.3, 0.4) is 0 Å². The molecule has 2 aromatic carbocycles. The first kappa shape index (κ1) is 24.9. The van der Waals surface area contributed by atoms with Gasteiger partial charge in [-0.3, -0.25) is 5.43 Å². The summed E-state index contributed by atoms with van der Waals surface area (Å²) in [6, 6.07) is 13.1. The van der Waals surface area contributed by atoms with Gasteiger partial charge < -0.3 is 9.88 Å². The van der Waals surface area contributed by atoms with Crippen molar-refractivity contribution < 1.29 is 8.42 Å². The number of thiocarbonyl (C=S) groups is 1. The first-order valence-corrected chi connectivity index (χ1v) is 12.9. The van der Waals surface area contributed by atoms with E-state index in [-0.39, 0.29) is 0 Å². The molecule has 1 aromatic heterocycles. The lowest BCUT2D eigenvalue weighted by molar-refractivity contribution is 0.410. The topological polar surface area (TPSA) is 78.7 Å². The number of benzene rings is 2. The molecule has 3 aromatic rings. The molecule has 0 unspecified atom stereocenters. The SMILES string of the molecule is CCCN(CCC)S(=O)(=O)c1ccc2c(c1)c(/C=N/NC(=S)Nc1ccc(C)cc1)cn2C. The molecule has 0 amide bonds. The van der Waals surface area contributed by atoms with Crippen molar-refractivity contribution in [2.45, 2.75) is 38.5 Å². The maximum absolute atomic E-state index is 13.2. The van der Waals surface area contributed by atoms with Crippen LogP contribution in [0.15, 0.2) is 58.7 Å². The lowest BCUT2D eigenvalue weighted by Crippen LogP contribution is -2.32. The Morgan fingerprint density at radius 1 is 1.12 bits per heavy atom. The van der Waals surface area contributed by atoms with Crippen LogP contribution < -0.4 is 10.7 Å². The molecule has 7 nitrogen and oxygen atoms in total. The standard InChI is InChI=1S/C24H31N5O2S2/c1-5-13-29(14-6-2)33(30,31)21-11-12-23-22(15-21)19(17-28(23)4)16-25-27-24(32)26-20-9-7-18(3)8-10-20/h7-12,15-17H,5-6,13-14H2,1-4H3,(H2,26,27,32)/b25-16+. The summed E-state index contributed by atoms with van der Waals surface area (Å²) >= 11 is 5.31. The molecule has 0 aliphatic carbocycles. The lowest BCUT2D eigenvalue weighted by Gasteiger charge is -2.21. The van der Waals surface area contributed by atoms with Crippen molar-refractivity contribution in [1.82, 2.24) is 14.3 Å². The number of hydrazone groups is 1. The van der Waals surface area contributed by atoms with Gasteiger partial charge >= 0.3 is 0 Å². The summed E-state index contributed by atoms with van der Waals surface area (Å²) in [5.41, 5.74) is 6.58. The highest BCUT2D eigenvalue weighted by Crippen LogP contribution is 2.25. The summed E-state index contributed by atoms with van der Waals surface area (Å²) in [5, 5.41) is 8.52. The number of nitrogens with one attached hydrogen (secondary N) is 2. The minimum absolute atomic E-state index is 0.294. The zero-order valence-electron chi connectivity index (χ0n) is 19.5. The number of hydrogen-bond acceptors (Lipinski definition) is 4. The van der Waals surface area contributed by atoms with Crippen molar-refractivity contribution in [3.05, 3.63) is 59.8 Å². The van der Waals surface area contributed by atoms with Gasteiger partial charge in [0.1, 0.15) is 0 Å². The summed E-state index contributed by atoms with van der Waals surface area (Å²) in [4.78, 5) is 0.294. The molecule has 9 heteroatoms. The average molecular weight is 486 g/mol. The Hall–Kier alpha value is -2.75. The van der Waals surface area contributed by atoms with Gasteiger partial charge in [-0.25, -0.2) is 8.42 Å². The zero-order chi connectivity index (χ0) is 24.0. The van der Waals surface area contributed by atoms with Crippen LogP contribution in [0.4, 0.5) is 5.69 Å². The molecule has 0 saturated carbocycles. The summed E-state index contributed by atoms with van der Waals surface area (Å²) in [6.07, 6.45) is 5.11. The van der Waals surface area contributed by atoms with E-state index < -0.39 is 10.0 Å². The Bertz CT molecular complexity index is 1240. The second-order valence-electron chi connectivity index (χ2n) is 7.97. The predicted molar refractivity (Wildman–Crippen MR) is 140 cm³/mol. The minimum atomic E-state index is -3.56. The monoisotopic (exact) mass is 485 g/mol. The van der Waals surface area contributed by atoms with E-state index >= 15 is 0 Å². The van der Waals surface area contributed by atoms with Gasteiger partial charge in [0.05, 0.1) is 11.1 Å². The fraction of sp³-hybridized carbons (Fsp3) is 0.333. The zero-order valence-corrected chi connectivity index (χ0v) is 21.1. The molecule has 0 radical (unpaired) electrons. The highest BCUT2D eigenvalue weighted by atomic mass is 32.2. The van der Waals surface area contributed by atoms with Crippen LogP contribution in [0, 0.1) is 6.92 Å². The lowest BCUT2D eigenvalue weighted by atomic mass is 10.2. The average Bonchev–Trinajstić information content (AvgIpc) is 3.10. The van der Waals surface area contributed by atoms with Gasteiger partial charge in [-0.15, -0.1) is 0 Å². The molecule has 0 saturated heterocycles. The second-order valence-corrected chi connectivity index (χ2v) is 10.3. The first-order chi connectivity index (χ1) is 15.8. The Morgan fingerprint density at radius 2 is 1.79 bits per heavy atom. The highest BCUT2D eigenvalue weighted by Gasteiger charge is 2.24. The number of sulfonamides is 1. The van der Waals surface area contributed by atoms with Crippen molar-refractivity contribution in [2.24, 2.45) is 12.1 Å². The Labute approximate surface area is 201 Å². The Balaban J connectivity index is 1.82. The fourth-order valence-electron chi connectivity index (χ4n) is 3.62. The van der Waals surface area contributed by atoms with Crippen LogP contribution in [-0.2, 0) is 17.1 Å². The van der Waals surface area contributed by atoms with Crippen molar-refractivity contribution in [3.8, 4) is 0 Å². The summed E-state index contributed by atoms with van der Waals surface area (Å²) in [6.45, 7) is 7.01. The Morgan fingerprint density at radius 3 is 2.42 bits per heavy atom. The van der Waals surface area contributed by atoms with Crippen LogP contribution in [-0.4, -0.2) is 41.7 Å². The largest absolute Gasteiger partial charge is 0.350 e. The van der Waals surface area contributed by atoms with Gasteiger partial charge in [-0.05, 0) is 62.3 Å². The Kier molecular flexibility index (Phi) is 8.23. The van der Waals surface area contributed by atoms with Gasteiger partial charge in [0.25, 0.3) is 0 Å². The van der Waals surface area contributed by atoms with E-state index in [1.165, 1.54) is 5.56 Å². The molecule has 3 rings (SSSR count). The molecule has 0 aliphatic rings. The van der Waals surface area contributed by atoms with E-state index in [9.17, 15) is 8.42 Å². The molecule has 0 fully saturated rings. The molecular weight excluding hydrogens is 454 g/mol. The van der Waals surface area contributed by atoms with Gasteiger partial charge in [0.15, 0.2) is 5.11 Å². The molecule has 0 atom stereocenters. The third kappa shape index (κ3) is 5.98. The first-order valence-electron chi connectivity index (χ1n) is 11.0. The third-order valence-electron chi connectivity index (χ3n) is 5.25. The smallest absolute Gasteiger partial charge is 0.243 e. The van der Waals surface area contributed by atoms with E-state index in [1.54, 1.807) is 22.7 Å². The summed E-state index contributed by atoms with van der Waals surface area (Å²) < 4.78 is 29.9. The molecule has 2 N–H and O–H groups in total. The van der Waals surface area contributed by atoms with Gasteiger partial charge in [-0.1, -0.05) is 31.5 Å². The number of anilines is 1. The quantitative estimate of drug-likeness (QED) is 0.263. The normalized spacial score (nSPS) is 12.0. The molecule has 176 valence electrons. The van der Waals surface area contributed by atoms with Crippen molar-refractivity contribution in [3.63, 3.8) is 0 Å². The molecule has 0 spiro atoms. The van der Waals surface area contributed by atoms with E-state index in [0.717, 1.165) is 35.0 Å². The molecular formula is C24H31N5O2S2. The minimum Gasteiger partial charge on any atom is -0.350 e.